The van der Waals surface area contributed by atoms with E-state index in [1.165, 1.54) is 0 Å². The molecular weight excluding hydrogens is 430 g/mol. The van der Waals surface area contributed by atoms with Gasteiger partial charge in [0.15, 0.2) is 11.9 Å². The first-order valence-electron chi connectivity index (χ1n) is 11.2. The highest BCUT2D eigenvalue weighted by Crippen LogP contribution is 2.33. The molecule has 0 saturated carbocycles. The van der Waals surface area contributed by atoms with E-state index in [-0.39, 0.29) is 22.8 Å². The number of nitrogens with one attached hydrogen (secondary N) is 1. The second kappa shape index (κ2) is 9.83. The van der Waals surface area contributed by atoms with Crippen LogP contribution in [0.5, 0.6) is 11.5 Å². The summed E-state index contributed by atoms with van der Waals surface area (Å²) in [7, 11) is 1.58. The van der Waals surface area contributed by atoms with Gasteiger partial charge in [0.2, 0.25) is 11.2 Å². The van der Waals surface area contributed by atoms with E-state index in [2.05, 4.69) is 5.32 Å². The molecule has 0 aliphatic carbocycles. The molecule has 3 aromatic carbocycles. The lowest BCUT2D eigenvalue weighted by molar-refractivity contribution is -0.122. The first-order valence-corrected chi connectivity index (χ1v) is 11.2. The van der Waals surface area contributed by atoms with Crippen molar-refractivity contribution in [1.82, 2.24) is 0 Å². The number of benzene rings is 3. The van der Waals surface area contributed by atoms with Crippen molar-refractivity contribution in [3.63, 3.8) is 0 Å². The van der Waals surface area contributed by atoms with Gasteiger partial charge in [0.1, 0.15) is 11.3 Å². The smallest absolute Gasteiger partial charge is 0.265 e. The molecule has 0 aliphatic rings. The van der Waals surface area contributed by atoms with Crippen molar-refractivity contribution in [3.8, 4) is 22.8 Å². The summed E-state index contributed by atoms with van der Waals surface area (Å²) in [6, 6.07) is 20.0. The van der Waals surface area contributed by atoms with Crippen molar-refractivity contribution in [1.29, 1.82) is 0 Å². The van der Waals surface area contributed by atoms with Crippen molar-refractivity contribution in [2.24, 2.45) is 0 Å². The lowest BCUT2D eigenvalue weighted by atomic mass is 10.1. The maximum absolute atomic E-state index is 13.4. The van der Waals surface area contributed by atoms with Crippen LogP contribution in [-0.4, -0.2) is 19.1 Å². The van der Waals surface area contributed by atoms with Gasteiger partial charge >= 0.3 is 0 Å². The minimum Gasteiger partial charge on any atom is -0.497 e. The molecule has 174 valence electrons. The van der Waals surface area contributed by atoms with E-state index in [0.717, 1.165) is 11.1 Å². The molecule has 0 bridgehead atoms. The van der Waals surface area contributed by atoms with Gasteiger partial charge in [0, 0.05) is 11.3 Å². The summed E-state index contributed by atoms with van der Waals surface area (Å²) < 4.78 is 17.5. The van der Waals surface area contributed by atoms with E-state index in [1.807, 2.05) is 39.0 Å². The normalized spacial score (nSPS) is 11.8. The zero-order valence-electron chi connectivity index (χ0n) is 19.7. The maximum Gasteiger partial charge on any atom is 0.265 e. The third-order valence-electron chi connectivity index (χ3n) is 5.68. The molecule has 1 unspecified atom stereocenters. The molecule has 1 amide bonds. The average Bonchev–Trinajstić information content (AvgIpc) is 2.85. The van der Waals surface area contributed by atoms with Crippen LogP contribution in [0.25, 0.3) is 22.3 Å². The number of hydrogen-bond acceptors (Lipinski definition) is 5. The molecule has 1 atom stereocenters. The Balaban J connectivity index is 1.75. The van der Waals surface area contributed by atoms with Crippen LogP contribution in [0.2, 0.25) is 0 Å². The summed E-state index contributed by atoms with van der Waals surface area (Å²) in [5, 5.41) is 3.33. The summed E-state index contributed by atoms with van der Waals surface area (Å²) in [6.45, 7) is 5.73. The third kappa shape index (κ3) is 4.66. The molecule has 6 heteroatoms. The topological polar surface area (TPSA) is 77.8 Å². The fourth-order valence-corrected chi connectivity index (χ4v) is 3.71. The Morgan fingerprint density at radius 2 is 1.76 bits per heavy atom. The molecule has 1 aromatic heterocycles. The molecule has 0 aliphatic heterocycles. The van der Waals surface area contributed by atoms with Crippen molar-refractivity contribution >= 4 is 22.6 Å². The van der Waals surface area contributed by atoms with Gasteiger partial charge in [0.05, 0.1) is 12.5 Å². The average molecular weight is 458 g/mol. The van der Waals surface area contributed by atoms with Gasteiger partial charge in [-0.25, -0.2) is 0 Å². The molecule has 0 radical (unpaired) electrons. The minimum absolute atomic E-state index is 0.00633. The SMILES string of the molecule is CCC(Oc1c(-c2ccc(OC)cc2)oc2ccccc2c1=O)C(=O)Nc1cc(C)ccc1C. The quantitative estimate of drug-likeness (QED) is 0.375. The van der Waals surface area contributed by atoms with E-state index in [1.54, 1.807) is 55.6 Å². The first-order chi connectivity index (χ1) is 16.4. The Labute approximate surface area is 198 Å². The van der Waals surface area contributed by atoms with Gasteiger partial charge in [-0.05, 0) is 73.9 Å². The number of rotatable bonds is 7. The molecular formula is C28H27NO5. The van der Waals surface area contributed by atoms with E-state index < -0.39 is 6.10 Å². The fourth-order valence-electron chi connectivity index (χ4n) is 3.71. The second-order valence-corrected chi connectivity index (χ2v) is 8.14. The number of carbonyl (C=O) groups is 1. The number of hydrogen-bond donors (Lipinski definition) is 1. The number of methoxy groups -OCH3 is 1. The van der Waals surface area contributed by atoms with Crippen molar-refractivity contribution < 1.29 is 18.7 Å². The molecule has 0 saturated heterocycles. The monoisotopic (exact) mass is 457 g/mol. The Kier molecular flexibility index (Phi) is 6.68. The van der Waals surface area contributed by atoms with Crippen LogP contribution in [0.4, 0.5) is 5.69 Å². The van der Waals surface area contributed by atoms with Crippen LogP contribution in [0.1, 0.15) is 24.5 Å². The van der Waals surface area contributed by atoms with Crippen LogP contribution >= 0.6 is 0 Å². The maximum atomic E-state index is 13.4. The Morgan fingerprint density at radius 3 is 2.47 bits per heavy atom. The van der Waals surface area contributed by atoms with Crippen molar-refractivity contribution in [2.75, 3.05) is 12.4 Å². The number of amides is 1. The Bertz CT molecular complexity index is 1390. The number of aryl methyl sites for hydroxylation is 2. The number of fused-ring (bicyclic) bond motifs is 1. The third-order valence-corrected chi connectivity index (χ3v) is 5.68. The van der Waals surface area contributed by atoms with Gasteiger partial charge in [-0.2, -0.15) is 0 Å². The summed E-state index contributed by atoms with van der Waals surface area (Å²) >= 11 is 0. The molecule has 4 aromatic rings. The highest BCUT2D eigenvalue weighted by atomic mass is 16.5. The predicted molar refractivity (Wildman–Crippen MR) is 134 cm³/mol. The van der Waals surface area contributed by atoms with Gasteiger partial charge in [-0.3, -0.25) is 9.59 Å². The van der Waals surface area contributed by atoms with Crippen molar-refractivity contribution in [2.45, 2.75) is 33.3 Å². The van der Waals surface area contributed by atoms with E-state index in [4.69, 9.17) is 13.9 Å². The zero-order valence-corrected chi connectivity index (χ0v) is 19.7. The van der Waals surface area contributed by atoms with Gasteiger partial charge in [-0.1, -0.05) is 31.2 Å². The number of carbonyl (C=O) groups excluding carboxylic acids is 1. The molecule has 34 heavy (non-hydrogen) atoms. The van der Waals surface area contributed by atoms with Crippen LogP contribution in [0.3, 0.4) is 0 Å². The molecule has 4 rings (SSSR count). The number of ether oxygens (including phenoxy) is 2. The zero-order chi connectivity index (χ0) is 24.2. The molecule has 6 nitrogen and oxygen atoms in total. The van der Waals surface area contributed by atoms with Crippen LogP contribution in [-0.2, 0) is 4.79 Å². The number of anilines is 1. The van der Waals surface area contributed by atoms with Crippen LogP contribution in [0, 0.1) is 13.8 Å². The highest BCUT2D eigenvalue weighted by molar-refractivity contribution is 5.95. The first kappa shape index (κ1) is 23.1. The standard InChI is InChI=1S/C28H27NO5/c1-5-23(28(31)29-22-16-17(2)10-11-18(22)3)33-27-25(30)21-8-6-7-9-24(21)34-26(27)19-12-14-20(32-4)15-13-19/h6-16,23H,5H2,1-4H3,(H,29,31). The van der Waals surface area contributed by atoms with Crippen LogP contribution < -0.4 is 20.2 Å². The van der Waals surface area contributed by atoms with E-state index in [9.17, 15) is 9.59 Å². The lowest BCUT2D eigenvalue weighted by Gasteiger charge is -2.19. The predicted octanol–water partition coefficient (Wildman–Crippen LogP) is 5.88. The minimum atomic E-state index is -0.888. The summed E-state index contributed by atoms with van der Waals surface area (Å²) in [5.41, 5.74) is 3.45. The number of para-hydroxylation sites is 1. The van der Waals surface area contributed by atoms with Crippen LogP contribution in [0.15, 0.2) is 75.9 Å². The lowest BCUT2D eigenvalue weighted by Crippen LogP contribution is -2.34. The summed E-state index contributed by atoms with van der Waals surface area (Å²) in [4.78, 5) is 26.6. The molecule has 1 N–H and O–H groups in total. The second-order valence-electron chi connectivity index (χ2n) is 8.14. The van der Waals surface area contributed by atoms with Gasteiger partial charge in [-0.15, -0.1) is 0 Å². The Morgan fingerprint density at radius 1 is 1.03 bits per heavy atom. The van der Waals surface area contributed by atoms with E-state index in [0.29, 0.717) is 34.4 Å². The van der Waals surface area contributed by atoms with Gasteiger partial charge < -0.3 is 19.2 Å². The van der Waals surface area contributed by atoms with Gasteiger partial charge in [0.25, 0.3) is 5.91 Å². The fraction of sp³-hybridized carbons (Fsp3) is 0.214. The van der Waals surface area contributed by atoms with Crippen molar-refractivity contribution in [3.05, 3.63) is 88.1 Å². The summed E-state index contributed by atoms with van der Waals surface area (Å²) in [6.07, 6.45) is -0.522. The molecule has 0 spiro atoms. The highest BCUT2D eigenvalue weighted by Gasteiger charge is 2.25. The summed E-state index contributed by atoms with van der Waals surface area (Å²) in [5.74, 6) is 0.620. The largest absolute Gasteiger partial charge is 0.497 e. The molecule has 1 heterocycles. The Hall–Kier alpha value is -4.06. The molecule has 0 fully saturated rings. The van der Waals surface area contributed by atoms with E-state index >= 15 is 0 Å².